The van der Waals surface area contributed by atoms with Crippen molar-refractivity contribution >= 4 is 23.0 Å². The molecule has 0 fully saturated rings. The molecule has 6 heteroatoms. The third kappa shape index (κ3) is 2.90. The second kappa shape index (κ2) is 5.41. The topological polar surface area (TPSA) is 62.7 Å². The summed E-state index contributed by atoms with van der Waals surface area (Å²) in [7, 11) is 1.84. The molecule has 0 radical (unpaired) electrons. The summed E-state index contributed by atoms with van der Waals surface area (Å²) in [6.45, 7) is 0.827. The Bertz CT molecular complexity index is 429. The van der Waals surface area contributed by atoms with Crippen molar-refractivity contribution in [2.45, 2.75) is 6.42 Å². The van der Waals surface area contributed by atoms with Crippen molar-refractivity contribution in [2.75, 3.05) is 24.2 Å². The lowest BCUT2D eigenvalue weighted by Crippen LogP contribution is -2.06. The van der Waals surface area contributed by atoms with E-state index in [9.17, 15) is 0 Å². The smallest absolute Gasteiger partial charge is 0.131 e. The Hall–Kier alpha value is -1.69. The van der Waals surface area contributed by atoms with Crippen molar-refractivity contribution in [3.8, 4) is 0 Å². The van der Waals surface area contributed by atoms with Gasteiger partial charge in [-0.2, -0.15) is 0 Å². The van der Waals surface area contributed by atoms with Crippen LogP contribution in [0.5, 0.6) is 0 Å². The lowest BCUT2D eigenvalue weighted by molar-refractivity contribution is 0.982. The first-order chi connectivity index (χ1) is 7.88. The van der Waals surface area contributed by atoms with Gasteiger partial charge in [0.25, 0.3) is 0 Å². The molecule has 0 aromatic carbocycles. The Morgan fingerprint density at radius 1 is 1.25 bits per heavy atom. The number of hydrogen-bond acceptors (Lipinski definition) is 6. The van der Waals surface area contributed by atoms with Crippen molar-refractivity contribution in [3.05, 3.63) is 29.0 Å². The monoisotopic (exact) mass is 235 g/mol. The quantitative estimate of drug-likeness (QED) is 0.824. The summed E-state index contributed by atoms with van der Waals surface area (Å²) in [5, 5.41) is 9.32. The highest BCUT2D eigenvalue weighted by molar-refractivity contribution is 7.09. The first-order valence-corrected chi connectivity index (χ1v) is 5.88. The van der Waals surface area contributed by atoms with Crippen LogP contribution in [-0.4, -0.2) is 28.5 Å². The van der Waals surface area contributed by atoms with E-state index in [-0.39, 0.29) is 0 Å². The van der Waals surface area contributed by atoms with Crippen LogP contribution in [0.25, 0.3) is 0 Å². The second-order valence-corrected chi connectivity index (χ2v) is 4.12. The molecule has 0 saturated carbocycles. The summed E-state index contributed by atoms with van der Waals surface area (Å²) in [4.78, 5) is 12.4. The van der Waals surface area contributed by atoms with Crippen molar-refractivity contribution in [3.63, 3.8) is 0 Å². The van der Waals surface area contributed by atoms with Crippen LogP contribution in [0.2, 0.25) is 0 Å². The first-order valence-electron chi connectivity index (χ1n) is 5.00. The molecule has 0 aliphatic heterocycles. The fourth-order valence-electron chi connectivity index (χ4n) is 1.26. The predicted octanol–water partition coefficient (Wildman–Crippen LogP) is 1.63. The van der Waals surface area contributed by atoms with E-state index in [0.29, 0.717) is 0 Å². The highest BCUT2D eigenvalue weighted by Gasteiger charge is 1.98. The van der Waals surface area contributed by atoms with E-state index in [1.807, 2.05) is 24.7 Å². The molecule has 0 unspecified atom stereocenters. The predicted molar refractivity (Wildman–Crippen MR) is 65.9 cm³/mol. The number of hydrogen-bond donors (Lipinski definition) is 2. The molecule has 84 valence electrons. The van der Waals surface area contributed by atoms with E-state index >= 15 is 0 Å². The lowest BCUT2D eigenvalue weighted by atomic mass is 10.4. The van der Waals surface area contributed by atoms with Crippen LogP contribution in [-0.2, 0) is 6.42 Å². The highest BCUT2D eigenvalue weighted by atomic mass is 32.1. The maximum atomic E-state index is 4.21. The van der Waals surface area contributed by atoms with Gasteiger partial charge in [-0.1, -0.05) is 0 Å². The SMILES string of the molecule is CNc1cc(NCCc2nccs2)ncn1. The molecule has 2 heterocycles. The van der Waals surface area contributed by atoms with Crippen LogP contribution < -0.4 is 10.6 Å². The van der Waals surface area contributed by atoms with Gasteiger partial charge in [-0.3, -0.25) is 0 Å². The van der Waals surface area contributed by atoms with E-state index in [0.717, 1.165) is 29.6 Å². The Labute approximate surface area is 98.0 Å². The highest BCUT2D eigenvalue weighted by Crippen LogP contribution is 2.08. The van der Waals surface area contributed by atoms with Crippen LogP contribution in [0.4, 0.5) is 11.6 Å². The van der Waals surface area contributed by atoms with Crippen molar-refractivity contribution in [1.29, 1.82) is 0 Å². The van der Waals surface area contributed by atoms with Gasteiger partial charge < -0.3 is 10.6 Å². The Morgan fingerprint density at radius 3 is 2.88 bits per heavy atom. The fraction of sp³-hybridized carbons (Fsp3) is 0.300. The van der Waals surface area contributed by atoms with Gasteiger partial charge in [0, 0.05) is 37.7 Å². The van der Waals surface area contributed by atoms with Gasteiger partial charge in [0.15, 0.2) is 0 Å². The lowest BCUT2D eigenvalue weighted by Gasteiger charge is -2.05. The normalized spacial score (nSPS) is 10.1. The largest absolute Gasteiger partial charge is 0.373 e. The minimum Gasteiger partial charge on any atom is -0.373 e. The molecule has 5 nitrogen and oxygen atoms in total. The summed E-state index contributed by atoms with van der Waals surface area (Å²) >= 11 is 1.67. The summed E-state index contributed by atoms with van der Waals surface area (Å²) in [6, 6.07) is 1.88. The molecule has 2 rings (SSSR count). The number of thiazole rings is 1. The van der Waals surface area contributed by atoms with Crippen molar-refractivity contribution in [1.82, 2.24) is 15.0 Å². The molecule has 2 aromatic heterocycles. The minimum absolute atomic E-state index is 0.812. The molecule has 0 spiro atoms. The van der Waals surface area contributed by atoms with Crippen molar-refractivity contribution in [2.24, 2.45) is 0 Å². The summed E-state index contributed by atoms with van der Waals surface area (Å²) in [6.07, 6.45) is 4.28. The molecule has 2 aromatic rings. The summed E-state index contributed by atoms with van der Waals surface area (Å²) in [5.41, 5.74) is 0. The van der Waals surface area contributed by atoms with Gasteiger partial charge in [-0.15, -0.1) is 11.3 Å². The van der Waals surface area contributed by atoms with Gasteiger partial charge in [0.1, 0.15) is 18.0 Å². The van der Waals surface area contributed by atoms with Gasteiger partial charge in [0.05, 0.1) is 5.01 Å². The first kappa shape index (κ1) is 10.8. The number of nitrogens with zero attached hydrogens (tertiary/aromatic N) is 3. The molecular formula is C10H13N5S. The minimum atomic E-state index is 0.812. The third-order valence-electron chi connectivity index (χ3n) is 2.05. The summed E-state index contributed by atoms with van der Waals surface area (Å²) in [5.74, 6) is 1.64. The maximum Gasteiger partial charge on any atom is 0.131 e. The molecule has 0 saturated heterocycles. The molecule has 0 aliphatic rings. The molecule has 2 N–H and O–H groups in total. The van der Waals surface area contributed by atoms with E-state index in [4.69, 9.17) is 0 Å². The van der Waals surface area contributed by atoms with Gasteiger partial charge in [-0.05, 0) is 0 Å². The Balaban J connectivity index is 1.85. The van der Waals surface area contributed by atoms with Crippen LogP contribution in [0.3, 0.4) is 0 Å². The molecular weight excluding hydrogens is 222 g/mol. The molecule has 0 aliphatic carbocycles. The molecule has 0 atom stereocenters. The maximum absolute atomic E-state index is 4.21. The fourth-order valence-corrected chi connectivity index (χ4v) is 1.89. The average Bonchev–Trinajstić information content (AvgIpc) is 2.82. The zero-order valence-electron chi connectivity index (χ0n) is 8.97. The number of aromatic nitrogens is 3. The number of nitrogens with one attached hydrogen (secondary N) is 2. The average molecular weight is 235 g/mol. The van der Waals surface area contributed by atoms with Crippen molar-refractivity contribution < 1.29 is 0 Å². The number of rotatable bonds is 5. The van der Waals surface area contributed by atoms with E-state index in [2.05, 4.69) is 25.6 Å². The standard InChI is InChI=1S/C10H13N5S/c1-11-8-6-9(15-7-14-8)12-3-2-10-13-4-5-16-10/h4-7H,2-3H2,1H3,(H2,11,12,14,15). The molecule has 16 heavy (non-hydrogen) atoms. The number of anilines is 2. The zero-order valence-corrected chi connectivity index (χ0v) is 9.79. The van der Waals surface area contributed by atoms with Crippen LogP contribution >= 0.6 is 11.3 Å². The van der Waals surface area contributed by atoms with E-state index in [1.54, 1.807) is 11.3 Å². The zero-order chi connectivity index (χ0) is 11.2. The second-order valence-electron chi connectivity index (χ2n) is 3.14. The van der Waals surface area contributed by atoms with E-state index < -0.39 is 0 Å². The van der Waals surface area contributed by atoms with E-state index in [1.165, 1.54) is 6.33 Å². The third-order valence-corrected chi connectivity index (χ3v) is 2.89. The van der Waals surface area contributed by atoms with Crippen LogP contribution in [0.15, 0.2) is 24.0 Å². The molecule has 0 amide bonds. The summed E-state index contributed by atoms with van der Waals surface area (Å²) < 4.78 is 0. The van der Waals surface area contributed by atoms with Crippen LogP contribution in [0.1, 0.15) is 5.01 Å². The van der Waals surface area contributed by atoms with Crippen LogP contribution in [0, 0.1) is 0 Å². The Morgan fingerprint density at radius 2 is 2.12 bits per heavy atom. The molecule has 0 bridgehead atoms. The van der Waals surface area contributed by atoms with Gasteiger partial charge in [0.2, 0.25) is 0 Å². The van der Waals surface area contributed by atoms with Gasteiger partial charge in [-0.25, -0.2) is 15.0 Å². The van der Waals surface area contributed by atoms with Gasteiger partial charge >= 0.3 is 0 Å². The Kier molecular flexibility index (Phi) is 3.66.